The molecule has 4 heteroatoms. The van der Waals surface area contributed by atoms with Gasteiger partial charge in [-0.25, -0.2) is 0 Å². The topological polar surface area (TPSA) is 33.0 Å². The van der Waals surface area contributed by atoms with Crippen LogP contribution >= 0.6 is 21.9 Å². The van der Waals surface area contributed by atoms with Crippen molar-refractivity contribution in [3.05, 3.63) is 0 Å². The van der Waals surface area contributed by atoms with Gasteiger partial charge in [-0.3, -0.25) is 0 Å². The number of rotatable bonds is 2. The van der Waals surface area contributed by atoms with Crippen molar-refractivity contribution in [2.24, 2.45) is 0 Å². The summed E-state index contributed by atoms with van der Waals surface area (Å²) in [6, 6.07) is 1.93. The maximum atomic E-state index is 7.86. The number of nitrogens with zero attached hydrogens (tertiary/aromatic N) is 1. The van der Waals surface area contributed by atoms with Crippen LogP contribution in [0.3, 0.4) is 0 Å². The van der Waals surface area contributed by atoms with E-state index < -0.39 is 0 Å². The van der Waals surface area contributed by atoms with Crippen molar-refractivity contribution in [1.29, 1.82) is 5.26 Å². The van der Waals surface area contributed by atoms with Crippen LogP contribution in [0.5, 0.6) is 0 Å². The second-order valence-electron chi connectivity index (χ2n) is 0.779. The summed E-state index contributed by atoms with van der Waals surface area (Å²) in [5, 5.41) is 7.86. The Hall–Kier alpha value is 0.170. The molecule has 0 N–H and O–H groups in total. The van der Waals surface area contributed by atoms with Gasteiger partial charge in [0.15, 0.2) is 0 Å². The smallest absolute Gasteiger partial charge is 0.0646 e. The van der Waals surface area contributed by atoms with Gasteiger partial charge in [0, 0.05) is 9.47 Å². The zero-order valence-corrected chi connectivity index (χ0v) is 5.73. The Bertz CT molecular complexity index is 62.4. The molecule has 0 radical (unpaired) electrons. The second kappa shape index (κ2) is 9.48. The van der Waals surface area contributed by atoms with Crippen molar-refractivity contribution < 1.29 is 4.52 Å². The summed E-state index contributed by atoms with van der Waals surface area (Å²) >= 11 is 0. The third-order valence-electron chi connectivity index (χ3n) is 0.332. The van der Waals surface area contributed by atoms with Crippen LogP contribution < -0.4 is 0 Å². The van der Waals surface area contributed by atoms with Crippen molar-refractivity contribution >= 4 is 21.9 Å². The van der Waals surface area contributed by atoms with E-state index >= 15 is 0 Å². The van der Waals surface area contributed by atoms with Crippen LogP contribution in [0.4, 0.5) is 0 Å². The van der Waals surface area contributed by atoms with Gasteiger partial charge in [-0.1, -0.05) is 0 Å². The fraction of sp³-hybridized carbons (Fsp3) is 0.667. The first-order chi connectivity index (χ1) is 2.91. The summed E-state index contributed by atoms with van der Waals surface area (Å²) in [7, 11) is 2.08. The fourth-order valence-corrected chi connectivity index (χ4v) is 0.222. The molecule has 0 aliphatic rings. The van der Waals surface area contributed by atoms with E-state index in [1.807, 2.05) is 6.07 Å². The van der Waals surface area contributed by atoms with Crippen molar-refractivity contribution in [2.75, 3.05) is 6.61 Å². The minimum Gasteiger partial charge on any atom is -0.365 e. The van der Waals surface area contributed by atoms with Crippen molar-refractivity contribution in [2.45, 2.75) is 6.42 Å². The number of hydrogen-bond acceptors (Lipinski definition) is 2. The van der Waals surface area contributed by atoms with Crippen molar-refractivity contribution in [1.82, 2.24) is 0 Å². The maximum Gasteiger partial charge on any atom is 0.0646 e. The molecule has 0 rings (SSSR count). The molecule has 0 aromatic heterocycles. The summed E-state index contributed by atoms with van der Waals surface area (Å²) in [5.74, 6) is 0. The van der Waals surface area contributed by atoms with E-state index in [0.29, 0.717) is 13.0 Å². The summed E-state index contributed by atoms with van der Waals surface area (Å²) in [6.45, 7) is 0.515. The van der Waals surface area contributed by atoms with Gasteiger partial charge in [0.2, 0.25) is 0 Å². The number of hydrogen-bond donors (Lipinski definition) is 0. The van der Waals surface area contributed by atoms with Crippen LogP contribution in [-0.2, 0) is 4.52 Å². The van der Waals surface area contributed by atoms with Crippen LogP contribution in [0.2, 0.25) is 0 Å². The molecule has 7 heavy (non-hydrogen) atoms. The van der Waals surface area contributed by atoms with Crippen molar-refractivity contribution in [3.63, 3.8) is 0 Å². The number of nitriles is 1. The lowest BCUT2D eigenvalue weighted by atomic mass is 10.5. The van der Waals surface area contributed by atoms with E-state index in [1.165, 1.54) is 0 Å². The lowest BCUT2D eigenvalue weighted by molar-refractivity contribution is 0.383. The van der Waals surface area contributed by atoms with E-state index in [-0.39, 0.29) is 12.4 Å². The summed E-state index contributed by atoms with van der Waals surface area (Å²) in [5.41, 5.74) is 0. The van der Waals surface area contributed by atoms with Crippen LogP contribution in [0.1, 0.15) is 6.42 Å². The lowest BCUT2D eigenvalue weighted by Gasteiger charge is -1.82. The van der Waals surface area contributed by atoms with E-state index in [4.69, 9.17) is 5.26 Å². The molecule has 0 aliphatic carbocycles. The number of halogens is 1. The SMILES string of the molecule is Cl.N#CCCOP. The predicted octanol–water partition coefficient (Wildman–Crippen LogP) is 1.13. The molecule has 0 aromatic carbocycles. The van der Waals surface area contributed by atoms with Crippen LogP contribution in [-0.4, -0.2) is 6.61 Å². The highest BCUT2D eigenvalue weighted by Crippen LogP contribution is 1.84. The van der Waals surface area contributed by atoms with Crippen molar-refractivity contribution in [3.8, 4) is 6.07 Å². The highest BCUT2D eigenvalue weighted by atomic mass is 35.5. The molecule has 1 unspecified atom stereocenters. The normalized spacial score (nSPS) is 6.29. The summed E-state index contributed by atoms with van der Waals surface area (Å²) < 4.78 is 4.48. The molecule has 0 saturated carbocycles. The summed E-state index contributed by atoms with van der Waals surface area (Å²) in [6.07, 6.45) is 0.476. The third-order valence-corrected chi connectivity index (χ3v) is 0.567. The lowest BCUT2D eigenvalue weighted by Crippen LogP contribution is -1.76. The fourth-order valence-electron chi connectivity index (χ4n) is 0.105. The molecule has 0 fully saturated rings. The van der Waals surface area contributed by atoms with Gasteiger partial charge in [-0.05, 0) is 0 Å². The van der Waals surface area contributed by atoms with Crippen LogP contribution in [0.15, 0.2) is 0 Å². The quantitative estimate of drug-likeness (QED) is 0.424. The average Bonchev–Trinajstić information content (AvgIpc) is 1.61. The Morgan fingerprint density at radius 3 is 2.43 bits per heavy atom. The molecule has 0 saturated heterocycles. The minimum absolute atomic E-state index is 0. The zero-order valence-electron chi connectivity index (χ0n) is 3.76. The van der Waals surface area contributed by atoms with Gasteiger partial charge in [0.05, 0.1) is 19.1 Å². The van der Waals surface area contributed by atoms with Crippen LogP contribution in [0, 0.1) is 11.3 Å². The van der Waals surface area contributed by atoms with Gasteiger partial charge in [-0.15, -0.1) is 12.4 Å². The molecule has 0 heterocycles. The van der Waals surface area contributed by atoms with E-state index in [9.17, 15) is 0 Å². The highest BCUT2D eigenvalue weighted by Gasteiger charge is 1.73. The Morgan fingerprint density at radius 1 is 1.71 bits per heavy atom. The molecular formula is C3H7ClNOP. The van der Waals surface area contributed by atoms with Gasteiger partial charge in [-0.2, -0.15) is 5.26 Å². The molecule has 1 atom stereocenters. The maximum absolute atomic E-state index is 7.86. The molecular weight excluding hydrogens is 132 g/mol. The predicted molar refractivity (Wildman–Crippen MR) is 33.1 cm³/mol. The van der Waals surface area contributed by atoms with Gasteiger partial charge in [0.1, 0.15) is 0 Å². The molecule has 0 aromatic rings. The van der Waals surface area contributed by atoms with Gasteiger partial charge in [0.25, 0.3) is 0 Å². The average molecular weight is 140 g/mol. The molecule has 42 valence electrons. The van der Waals surface area contributed by atoms with Crippen LogP contribution in [0.25, 0.3) is 0 Å². The Balaban J connectivity index is 0. The highest BCUT2D eigenvalue weighted by molar-refractivity contribution is 7.09. The third kappa shape index (κ3) is 10.7. The first-order valence-electron chi connectivity index (χ1n) is 1.60. The largest absolute Gasteiger partial charge is 0.365 e. The standard InChI is InChI=1S/C3H6NOP.ClH/c4-2-1-3-5-6;/h1,3,6H2;1H. The van der Waals surface area contributed by atoms with E-state index in [0.717, 1.165) is 0 Å². The first-order valence-corrected chi connectivity index (χ1v) is 2.07. The first kappa shape index (κ1) is 10.2. The van der Waals surface area contributed by atoms with Gasteiger partial charge < -0.3 is 4.52 Å². The minimum atomic E-state index is 0. The Morgan fingerprint density at radius 2 is 2.29 bits per heavy atom. The van der Waals surface area contributed by atoms with E-state index in [2.05, 4.69) is 14.0 Å². The summed E-state index contributed by atoms with van der Waals surface area (Å²) in [4.78, 5) is 0. The Kier molecular flexibility index (Phi) is 13.8. The second-order valence-corrected chi connectivity index (χ2v) is 1.11. The van der Waals surface area contributed by atoms with Gasteiger partial charge >= 0.3 is 0 Å². The molecule has 2 nitrogen and oxygen atoms in total. The molecule has 0 amide bonds. The zero-order chi connectivity index (χ0) is 4.83. The van der Waals surface area contributed by atoms with E-state index in [1.54, 1.807) is 0 Å². The Labute approximate surface area is 51.5 Å². The monoisotopic (exact) mass is 139 g/mol. The molecule has 0 bridgehead atoms. The molecule has 0 aliphatic heterocycles. The molecule has 0 spiro atoms.